The standard InChI is InChI=1S/C19H13F3N6O3/c20-19(21,22)13-5-11(2-1-10(13)6-23)28-4-3-12-14(8-28)25-9-26-16(12)27-18-24-7-15(31-18)17(29)30/h1-2,5,7,9H,3-4,8H2,(H,29,30)(H,24,25,26,27). The SMILES string of the molecule is N#Cc1ccc(N2CCc3c(ncnc3Nc3ncc(C(=O)O)o3)C2)cc1C(F)(F)F. The maximum atomic E-state index is 13.3. The second-order valence-corrected chi connectivity index (χ2v) is 6.62. The van der Waals surface area contributed by atoms with Crippen LogP contribution in [0.3, 0.4) is 0 Å². The second kappa shape index (κ2) is 7.60. The highest BCUT2D eigenvalue weighted by Gasteiger charge is 2.34. The van der Waals surface area contributed by atoms with Gasteiger partial charge in [-0.1, -0.05) is 0 Å². The van der Waals surface area contributed by atoms with Crippen molar-refractivity contribution in [2.45, 2.75) is 19.1 Å². The first-order valence-corrected chi connectivity index (χ1v) is 8.91. The lowest BCUT2D eigenvalue weighted by Crippen LogP contribution is -2.32. The molecule has 1 aliphatic rings. The summed E-state index contributed by atoms with van der Waals surface area (Å²) in [6.07, 6.45) is -1.89. The van der Waals surface area contributed by atoms with Crippen LogP contribution in [0.5, 0.6) is 0 Å². The highest BCUT2D eigenvalue weighted by Crippen LogP contribution is 2.36. The minimum Gasteiger partial charge on any atom is -0.475 e. The van der Waals surface area contributed by atoms with Gasteiger partial charge in [-0.2, -0.15) is 18.4 Å². The highest BCUT2D eigenvalue weighted by atomic mass is 19.4. The van der Waals surface area contributed by atoms with Gasteiger partial charge in [-0.25, -0.2) is 19.7 Å². The number of anilines is 3. The van der Waals surface area contributed by atoms with Crippen molar-refractivity contribution in [3.8, 4) is 6.07 Å². The van der Waals surface area contributed by atoms with Crippen molar-refractivity contribution >= 4 is 23.5 Å². The molecule has 4 rings (SSSR count). The fourth-order valence-corrected chi connectivity index (χ4v) is 3.28. The van der Waals surface area contributed by atoms with E-state index in [4.69, 9.17) is 14.8 Å². The van der Waals surface area contributed by atoms with Crippen LogP contribution in [0.4, 0.5) is 30.7 Å². The number of carbonyl (C=O) groups is 1. The van der Waals surface area contributed by atoms with E-state index in [0.29, 0.717) is 30.2 Å². The largest absolute Gasteiger partial charge is 0.475 e. The first-order valence-electron chi connectivity index (χ1n) is 8.91. The lowest BCUT2D eigenvalue weighted by molar-refractivity contribution is -0.137. The van der Waals surface area contributed by atoms with Gasteiger partial charge in [0.1, 0.15) is 12.1 Å². The van der Waals surface area contributed by atoms with Crippen molar-refractivity contribution in [3.63, 3.8) is 0 Å². The average molecular weight is 430 g/mol. The minimum absolute atomic E-state index is 0.0531. The van der Waals surface area contributed by atoms with E-state index in [0.717, 1.165) is 23.9 Å². The van der Waals surface area contributed by atoms with Gasteiger partial charge in [0.2, 0.25) is 5.76 Å². The molecule has 2 aromatic heterocycles. The van der Waals surface area contributed by atoms with Crippen LogP contribution in [0.25, 0.3) is 0 Å². The Morgan fingerprint density at radius 2 is 2.10 bits per heavy atom. The highest BCUT2D eigenvalue weighted by molar-refractivity contribution is 5.84. The molecule has 0 saturated carbocycles. The Labute approximate surface area is 172 Å². The molecule has 0 aliphatic carbocycles. The van der Waals surface area contributed by atoms with Gasteiger partial charge < -0.3 is 14.4 Å². The molecule has 12 heteroatoms. The van der Waals surface area contributed by atoms with Crippen molar-refractivity contribution in [1.82, 2.24) is 15.0 Å². The summed E-state index contributed by atoms with van der Waals surface area (Å²) in [6, 6.07) is 5.11. The number of benzene rings is 1. The molecule has 0 unspecified atom stereocenters. The number of hydrogen-bond acceptors (Lipinski definition) is 8. The van der Waals surface area contributed by atoms with Gasteiger partial charge in [0.05, 0.1) is 35.6 Å². The molecule has 31 heavy (non-hydrogen) atoms. The molecule has 3 heterocycles. The predicted molar refractivity (Wildman–Crippen MR) is 99.7 cm³/mol. The van der Waals surface area contributed by atoms with E-state index in [9.17, 15) is 18.0 Å². The fraction of sp³-hybridized carbons (Fsp3) is 0.211. The number of alkyl halides is 3. The van der Waals surface area contributed by atoms with Gasteiger partial charge in [-0.3, -0.25) is 5.32 Å². The number of rotatable bonds is 4. The molecular weight excluding hydrogens is 417 g/mol. The Kier molecular flexibility index (Phi) is 4.94. The van der Waals surface area contributed by atoms with Crippen LogP contribution in [0.1, 0.15) is 32.9 Å². The Hall–Kier alpha value is -4.14. The van der Waals surface area contributed by atoms with Gasteiger partial charge in [-0.15, -0.1) is 0 Å². The van der Waals surface area contributed by atoms with Crippen molar-refractivity contribution in [3.05, 3.63) is 58.9 Å². The van der Waals surface area contributed by atoms with E-state index in [-0.39, 0.29) is 18.3 Å². The fourth-order valence-electron chi connectivity index (χ4n) is 3.28. The molecule has 0 saturated heterocycles. The van der Waals surface area contributed by atoms with E-state index in [1.807, 2.05) is 0 Å². The molecule has 0 atom stereocenters. The maximum Gasteiger partial charge on any atom is 0.417 e. The zero-order valence-corrected chi connectivity index (χ0v) is 15.6. The molecule has 0 amide bonds. The first kappa shape index (κ1) is 20.1. The van der Waals surface area contributed by atoms with Crippen LogP contribution in [-0.2, 0) is 19.1 Å². The van der Waals surface area contributed by atoms with E-state index in [1.165, 1.54) is 12.4 Å². The zero-order valence-electron chi connectivity index (χ0n) is 15.6. The smallest absolute Gasteiger partial charge is 0.417 e. The normalized spacial score (nSPS) is 13.4. The Balaban J connectivity index is 1.59. The number of aromatic nitrogens is 3. The van der Waals surface area contributed by atoms with Crippen molar-refractivity contribution in [2.24, 2.45) is 0 Å². The third-order valence-corrected chi connectivity index (χ3v) is 4.74. The number of carboxylic acids is 1. The molecule has 0 radical (unpaired) electrons. The van der Waals surface area contributed by atoms with E-state index < -0.39 is 23.3 Å². The minimum atomic E-state index is -4.64. The van der Waals surface area contributed by atoms with E-state index >= 15 is 0 Å². The summed E-state index contributed by atoms with van der Waals surface area (Å²) in [7, 11) is 0. The summed E-state index contributed by atoms with van der Waals surface area (Å²) >= 11 is 0. The van der Waals surface area contributed by atoms with Crippen LogP contribution in [-0.4, -0.2) is 32.6 Å². The molecular formula is C19H13F3N6O3. The molecule has 1 aliphatic heterocycles. The van der Waals surface area contributed by atoms with Gasteiger partial charge >= 0.3 is 18.2 Å². The van der Waals surface area contributed by atoms with Crippen LogP contribution in [0.15, 0.2) is 35.1 Å². The van der Waals surface area contributed by atoms with Crippen LogP contribution in [0, 0.1) is 11.3 Å². The molecule has 0 spiro atoms. The third kappa shape index (κ3) is 3.97. The summed E-state index contributed by atoms with van der Waals surface area (Å²) in [5, 5.41) is 20.7. The number of nitriles is 1. The quantitative estimate of drug-likeness (QED) is 0.640. The number of halogens is 3. The number of oxazole rings is 1. The monoisotopic (exact) mass is 430 g/mol. The number of nitrogens with zero attached hydrogens (tertiary/aromatic N) is 5. The first-order chi connectivity index (χ1) is 14.8. The molecule has 0 fully saturated rings. The Bertz CT molecular complexity index is 1200. The van der Waals surface area contributed by atoms with Crippen molar-refractivity contribution in [2.75, 3.05) is 16.8 Å². The van der Waals surface area contributed by atoms with Gasteiger partial charge in [-0.05, 0) is 24.6 Å². The summed E-state index contributed by atoms with van der Waals surface area (Å²) < 4.78 is 44.9. The van der Waals surface area contributed by atoms with Crippen molar-refractivity contribution in [1.29, 1.82) is 5.26 Å². The number of nitrogens with one attached hydrogen (secondary N) is 1. The summed E-state index contributed by atoms with van der Waals surface area (Å²) in [6.45, 7) is 0.603. The summed E-state index contributed by atoms with van der Waals surface area (Å²) in [4.78, 5) is 24.8. The predicted octanol–water partition coefficient (Wildman–Crippen LogP) is 3.36. The number of carboxylic acid groups (broad SMARTS) is 1. The summed E-state index contributed by atoms with van der Waals surface area (Å²) in [5.41, 5.74) is 0.213. The van der Waals surface area contributed by atoms with Gasteiger partial charge in [0.25, 0.3) is 0 Å². The van der Waals surface area contributed by atoms with Gasteiger partial charge in [0.15, 0.2) is 0 Å². The number of aromatic carboxylic acids is 1. The molecule has 3 aromatic rings. The molecule has 1 aromatic carbocycles. The lowest BCUT2D eigenvalue weighted by Gasteiger charge is -2.31. The van der Waals surface area contributed by atoms with E-state index in [2.05, 4.69) is 20.3 Å². The Morgan fingerprint density at radius 3 is 2.77 bits per heavy atom. The molecule has 9 nitrogen and oxygen atoms in total. The van der Waals surface area contributed by atoms with Crippen LogP contribution < -0.4 is 10.2 Å². The topological polar surface area (TPSA) is 128 Å². The zero-order chi connectivity index (χ0) is 22.2. The lowest BCUT2D eigenvalue weighted by atomic mass is 10.0. The maximum absolute atomic E-state index is 13.3. The molecule has 158 valence electrons. The molecule has 2 N–H and O–H groups in total. The Morgan fingerprint density at radius 1 is 1.29 bits per heavy atom. The number of fused-ring (bicyclic) bond motifs is 1. The van der Waals surface area contributed by atoms with Crippen molar-refractivity contribution < 1.29 is 27.5 Å². The van der Waals surface area contributed by atoms with Crippen LogP contribution >= 0.6 is 0 Å². The number of hydrogen-bond donors (Lipinski definition) is 2. The summed E-state index contributed by atoms with van der Waals surface area (Å²) in [5.74, 6) is -1.22. The second-order valence-electron chi connectivity index (χ2n) is 6.62. The third-order valence-electron chi connectivity index (χ3n) is 4.74. The van der Waals surface area contributed by atoms with Gasteiger partial charge in [0, 0.05) is 17.8 Å². The van der Waals surface area contributed by atoms with Crippen LogP contribution in [0.2, 0.25) is 0 Å². The average Bonchev–Trinajstić information content (AvgIpc) is 3.21. The van der Waals surface area contributed by atoms with E-state index in [1.54, 1.807) is 11.0 Å². The molecule has 0 bridgehead atoms.